The fraction of sp³-hybridized carbons (Fsp3) is 0.250. The Kier molecular flexibility index (Phi) is 2.19. The number of ketones is 2. The van der Waals surface area contributed by atoms with Gasteiger partial charge in [0.15, 0.2) is 18.3 Å². The van der Waals surface area contributed by atoms with Gasteiger partial charge in [-0.2, -0.15) is 0 Å². The molecule has 2 rings (SSSR count). The molecule has 0 amide bonds. The van der Waals surface area contributed by atoms with E-state index in [1.54, 1.807) is 0 Å². The topological polar surface area (TPSA) is 77.3 Å². The molecule has 0 fully saturated rings. The SMILES string of the molecule is O=C1C=CC(=O)C(OCOC2N=N2)=C1. The van der Waals surface area contributed by atoms with Gasteiger partial charge in [0.05, 0.1) is 0 Å². The van der Waals surface area contributed by atoms with Gasteiger partial charge >= 0.3 is 0 Å². The minimum atomic E-state index is -0.472. The van der Waals surface area contributed by atoms with Crippen LogP contribution in [0.15, 0.2) is 34.2 Å². The van der Waals surface area contributed by atoms with Crippen LogP contribution in [0, 0.1) is 0 Å². The number of ether oxygens (including phenoxy) is 2. The molecule has 0 atom stereocenters. The first-order chi connectivity index (χ1) is 6.75. The van der Waals surface area contributed by atoms with E-state index in [1.807, 2.05) is 0 Å². The third kappa shape index (κ3) is 2.11. The average Bonchev–Trinajstić information content (AvgIpc) is 2.95. The number of carbonyl (C=O) groups excluding carboxylic acids is 2. The molecule has 0 aromatic rings. The highest BCUT2D eigenvalue weighted by molar-refractivity contribution is 6.16. The first-order valence-electron chi connectivity index (χ1n) is 3.88. The molecule has 1 heterocycles. The van der Waals surface area contributed by atoms with Gasteiger partial charge in [-0.05, 0) is 12.2 Å². The lowest BCUT2D eigenvalue weighted by Crippen LogP contribution is -2.12. The zero-order valence-corrected chi connectivity index (χ0v) is 7.04. The Morgan fingerprint density at radius 2 is 2.07 bits per heavy atom. The van der Waals surface area contributed by atoms with E-state index in [4.69, 9.17) is 9.47 Å². The Balaban J connectivity index is 1.82. The standard InChI is InChI=1S/C8H6N2O4/c11-5-1-2-6(12)7(3-5)13-4-14-8-9-10-8/h1-3,8H,4H2. The maximum absolute atomic E-state index is 11.1. The van der Waals surface area contributed by atoms with Crippen LogP contribution >= 0.6 is 0 Å². The summed E-state index contributed by atoms with van der Waals surface area (Å²) < 4.78 is 9.77. The minimum absolute atomic E-state index is 0.0156. The van der Waals surface area contributed by atoms with Crippen LogP contribution < -0.4 is 0 Å². The molecule has 1 aliphatic carbocycles. The molecule has 0 bridgehead atoms. The smallest absolute Gasteiger partial charge is 0.285 e. The first-order valence-corrected chi connectivity index (χ1v) is 3.88. The van der Waals surface area contributed by atoms with Crippen LogP contribution in [0.3, 0.4) is 0 Å². The molecule has 0 radical (unpaired) electrons. The summed E-state index contributed by atoms with van der Waals surface area (Å²) in [7, 11) is 0. The molecule has 0 unspecified atom stereocenters. The second kappa shape index (κ2) is 3.51. The Morgan fingerprint density at radius 3 is 2.79 bits per heavy atom. The van der Waals surface area contributed by atoms with Crippen LogP contribution in [0.25, 0.3) is 0 Å². The molecule has 0 N–H and O–H groups in total. The molecule has 72 valence electrons. The highest BCUT2D eigenvalue weighted by atomic mass is 16.7. The summed E-state index contributed by atoms with van der Waals surface area (Å²) >= 11 is 0. The van der Waals surface area contributed by atoms with Crippen LogP contribution in [0.5, 0.6) is 0 Å². The van der Waals surface area contributed by atoms with E-state index in [0.717, 1.165) is 12.2 Å². The highest BCUT2D eigenvalue weighted by Gasteiger charge is 2.18. The molecule has 0 saturated heterocycles. The van der Waals surface area contributed by atoms with Crippen molar-refractivity contribution in [1.82, 2.24) is 0 Å². The zero-order valence-electron chi connectivity index (χ0n) is 7.04. The van der Waals surface area contributed by atoms with Crippen molar-refractivity contribution in [2.45, 2.75) is 6.35 Å². The molecule has 6 heteroatoms. The number of nitrogens with zero attached hydrogens (tertiary/aromatic N) is 2. The minimum Gasteiger partial charge on any atom is -0.463 e. The molecule has 6 nitrogen and oxygen atoms in total. The molecular weight excluding hydrogens is 188 g/mol. The van der Waals surface area contributed by atoms with Gasteiger partial charge in [-0.1, -0.05) is 0 Å². The van der Waals surface area contributed by atoms with Crippen molar-refractivity contribution in [1.29, 1.82) is 0 Å². The molecule has 0 aromatic carbocycles. The van der Waals surface area contributed by atoms with Crippen LogP contribution in [0.2, 0.25) is 0 Å². The lowest BCUT2D eigenvalue weighted by atomic mass is 10.1. The van der Waals surface area contributed by atoms with Gasteiger partial charge < -0.3 is 4.74 Å². The maximum Gasteiger partial charge on any atom is 0.285 e. The summed E-state index contributed by atoms with van der Waals surface area (Å²) in [4.78, 5) is 22.0. The lowest BCUT2D eigenvalue weighted by molar-refractivity contribution is -0.120. The Morgan fingerprint density at radius 1 is 1.29 bits per heavy atom. The third-order valence-electron chi connectivity index (χ3n) is 1.56. The predicted molar refractivity (Wildman–Crippen MR) is 42.9 cm³/mol. The number of carbonyl (C=O) groups is 2. The van der Waals surface area contributed by atoms with Crippen LogP contribution in [-0.2, 0) is 19.1 Å². The van der Waals surface area contributed by atoms with E-state index < -0.39 is 6.35 Å². The number of hydrogen-bond acceptors (Lipinski definition) is 6. The van der Waals surface area contributed by atoms with Gasteiger partial charge in [-0.3, -0.25) is 14.3 Å². The average molecular weight is 194 g/mol. The quantitative estimate of drug-likeness (QED) is 0.477. The van der Waals surface area contributed by atoms with E-state index in [1.165, 1.54) is 6.08 Å². The highest BCUT2D eigenvalue weighted by Crippen LogP contribution is 2.13. The molecule has 14 heavy (non-hydrogen) atoms. The maximum atomic E-state index is 11.1. The first kappa shape index (κ1) is 8.76. The van der Waals surface area contributed by atoms with E-state index in [0.29, 0.717) is 0 Å². The van der Waals surface area contributed by atoms with Crippen molar-refractivity contribution in [3.05, 3.63) is 24.0 Å². The van der Waals surface area contributed by atoms with E-state index in [9.17, 15) is 9.59 Å². The van der Waals surface area contributed by atoms with Crippen LogP contribution in [-0.4, -0.2) is 24.7 Å². The van der Waals surface area contributed by atoms with E-state index >= 15 is 0 Å². The van der Waals surface area contributed by atoms with Crippen molar-refractivity contribution in [2.75, 3.05) is 6.79 Å². The fourth-order valence-corrected chi connectivity index (χ4v) is 0.853. The van der Waals surface area contributed by atoms with Gasteiger partial charge in [-0.15, -0.1) is 10.2 Å². The van der Waals surface area contributed by atoms with Crippen molar-refractivity contribution in [3.8, 4) is 0 Å². The van der Waals surface area contributed by atoms with Crippen molar-refractivity contribution < 1.29 is 19.1 Å². The predicted octanol–water partition coefficient (Wildman–Crippen LogP) is 0.318. The lowest BCUT2D eigenvalue weighted by Gasteiger charge is -2.08. The van der Waals surface area contributed by atoms with Crippen LogP contribution in [0.1, 0.15) is 0 Å². The zero-order chi connectivity index (χ0) is 9.97. The van der Waals surface area contributed by atoms with Gasteiger partial charge in [0, 0.05) is 6.08 Å². The van der Waals surface area contributed by atoms with Crippen LogP contribution in [0.4, 0.5) is 0 Å². The summed E-state index contributed by atoms with van der Waals surface area (Å²) in [5.41, 5.74) is 0. The van der Waals surface area contributed by atoms with Gasteiger partial charge in [0.25, 0.3) is 6.35 Å². The number of hydrogen-bond donors (Lipinski definition) is 0. The molecule has 0 saturated carbocycles. The van der Waals surface area contributed by atoms with Gasteiger partial charge in [-0.25, -0.2) is 0 Å². The third-order valence-corrected chi connectivity index (χ3v) is 1.56. The summed E-state index contributed by atoms with van der Waals surface area (Å²) in [6.45, 7) is -0.143. The normalized spacial score (nSPS) is 19.9. The molecular formula is C8H6N2O4. The van der Waals surface area contributed by atoms with Gasteiger partial charge in [0.1, 0.15) is 0 Å². The second-order valence-electron chi connectivity index (χ2n) is 2.59. The van der Waals surface area contributed by atoms with Crippen molar-refractivity contribution >= 4 is 11.6 Å². The summed E-state index contributed by atoms with van der Waals surface area (Å²) in [6.07, 6.45) is 2.98. The second-order valence-corrected chi connectivity index (χ2v) is 2.59. The summed E-state index contributed by atoms with van der Waals surface area (Å²) in [5, 5.41) is 6.91. The Bertz CT molecular complexity index is 364. The number of rotatable bonds is 4. The van der Waals surface area contributed by atoms with E-state index in [-0.39, 0.29) is 24.1 Å². The van der Waals surface area contributed by atoms with Crippen molar-refractivity contribution in [3.63, 3.8) is 0 Å². The Labute approximate surface area is 78.9 Å². The van der Waals surface area contributed by atoms with Gasteiger partial charge in [0.2, 0.25) is 5.78 Å². The van der Waals surface area contributed by atoms with Crippen molar-refractivity contribution in [2.24, 2.45) is 10.2 Å². The molecule has 1 aliphatic heterocycles. The Hall–Kier alpha value is -1.82. The molecule has 2 aliphatic rings. The molecule has 0 aromatic heterocycles. The summed E-state index contributed by atoms with van der Waals surface area (Å²) in [5.74, 6) is -0.642. The van der Waals surface area contributed by atoms with E-state index in [2.05, 4.69) is 10.2 Å². The fourth-order valence-electron chi connectivity index (χ4n) is 0.853. The molecule has 0 spiro atoms. The largest absolute Gasteiger partial charge is 0.463 e. The number of allylic oxidation sites excluding steroid dienone is 3. The summed E-state index contributed by atoms with van der Waals surface area (Å²) in [6, 6.07) is 0. The monoisotopic (exact) mass is 194 g/mol.